The van der Waals surface area contributed by atoms with Gasteiger partial charge in [0.1, 0.15) is 5.82 Å². The molecule has 2 heterocycles. The Hall–Kier alpha value is -1.58. The van der Waals surface area contributed by atoms with Crippen LogP contribution in [0.3, 0.4) is 0 Å². The second kappa shape index (κ2) is 5.00. The van der Waals surface area contributed by atoms with Gasteiger partial charge in [0.2, 0.25) is 0 Å². The van der Waals surface area contributed by atoms with Crippen molar-refractivity contribution in [2.75, 3.05) is 18.4 Å². The molecule has 4 heteroatoms. The fourth-order valence-electron chi connectivity index (χ4n) is 3.49. The van der Waals surface area contributed by atoms with Gasteiger partial charge in [-0.25, -0.2) is 4.39 Å². The van der Waals surface area contributed by atoms with Crippen LogP contribution in [-0.2, 0) is 0 Å². The first-order chi connectivity index (χ1) is 10.2. The smallest absolute Gasteiger partial charge is 0.132 e. The van der Waals surface area contributed by atoms with Crippen molar-refractivity contribution in [1.82, 2.24) is 5.32 Å². The van der Waals surface area contributed by atoms with Crippen LogP contribution in [0.4, 0.5) is 10.1 Å². The predicted octanol–water partition coefficient (Wildman–Crippen LogP) is 4.02. The van der Waals surface area contributed by atoms with Gasteiger partial charge in [0, 0.05) is 29.8 Å². The minimum Gasteiger partial charge on any atom is -0.381 e. The number of anilines is 1. The number of hydrogen-bond acceptors (Lipinski definition) is 2. The molecule has 0 spiro atoms. The first-order valence-electron chi connectivity index (χ1n) is 7.29. The topological polar surface area (TPSA) is 24.1 Å². The van der Waals surface area contributed by atoms with Crippen molar-refractivity contribution < 1.29 is 4.39 Å². The van der Waals surface area contributed by atoms with Crippen LogP contribution in [0.5, 0.6) is 0 Å². The molecule has 0 saturated carbocycles. The highest BCUT2D eigenvalue weighted by atomic mass is 35.5. The van der Waals surface area contributed by atoms with Crippen LogP contribution in [0.2, 0.25) is 5.02 Å². The lowest BCUT2D eigenvalue weighted by Gasteiger charge is -2.26. The van der Waals surface area contributed by atoms with Gasteiger partial charge in [0.25, 0.3) is 0 Å². The number of benzene rings is 2. The molecular weight excluding hydrogens is 287 g/mol. The van der Waals surface area contributed by atoms with E-state index in [2.05, 4.69) is 16.7 Å². The van der Waals surface area contributed by atoms with Crippen LogP contribution in [0.25, 0.3) is 11.1 Å². The van der Waals surface area contributed by atoms with Gasteiger partial charge in [-0.15, -0.1) is 0 Å². The summed E-state index contributed by atoms with van der Waals surface area (Å²) >= 11 is 6.18. The van der Waals surface area contributed by atoms with Crippen molar-refractivity contribution in [2.24, 2.45) is 0 Å². The lowest BCUT2D eigenvalue weighted by molar-refractivity contribution is 0.440. The second-order valence-electron chi connectivity index (χ2n) is 5.75. The second-order valence-corrected chi connectivity index (χ2v) is 6.16. The lowest BCUT2D eigenvalue weighted by Crippen LogP contribution is -2.38. The summed E-state index contributed by atoms with van der Waals surface area (Å²) in [7, 11) is 0. The fourth-order valence-corrected chi connectivity index (χ4v) is 3.76. The van der Waals surface area contributed by atoms with Crippen molar-refractivity contribution >= 4 is 17.3 Å². The molecule has 0 amide bonds. The summed E-state index contributed by atoms with van der Waals surface area (Å²) in [5, 5.41) is 7.47. The number of piperidine rings is 1. The summed E-state index contributed by atoms with van der Waals surface area (Å²) in [5.74, 6) is 0.186. The molecule has 0 radical (unpaired) electrons. The first kappa shape index (κ1) is 13.1. The molecule has 2 nitrogen and oxygen atoms in total. The summed E-state index contributed by atoms with van der Waals surface area (Å²) in [4.78, 5) is 0. The van der Waals surface area contributed by atoms with Crippen LogP contribution in [0, 0.1) is 5.82 Å². The SMILES string of the molecule is Fc1cccc(Cl)c1-c1ccc2c(c1)[C@@H]1CNCC[C@@H]1N2. The molecule has 2 N–H and O–H groups in total. The Bertz CT molecular complexity index is 681. The van der Waals surface area contributed by atoms with E-state index in [-0.39, 0.29) is 5.82 Å². The van der Waals surface area contributed by atoms with Gasteiger partial charge in [-0.3, -0.25) is 0 Å². The molecule has 0 aromatic heterocycles. The van der Waals surface area contributed by atoms with E-state index in [0.717, 1.165) is 25.1 Å². The van der Waals surface area contributed by atoms with E-state index in [0.29, 0.717) is 22.5 Å². The average Bonchev–Trinajstić information content (AvgIpc) is 2.85. The van der Waals surface area contributed by atoms with E-state index in [1.54, 1.807) is 12.1 Å². The van der Waals surface area contributed by atoms with Crippen LogP contribution >= 0.6 is 11.6 Å². The van der Waals surface area contributed by atoms with E-state index in [1.807, 2.05) is 12.1 Å². The maximum absolute atomic E-state index is 14.1. The molecule has 0 aliphatic carbocycles. The van der Waals surface area contributed by atoms with E-state index in [4.69, 9.17) is 11.6 Å². The standard InChI is InChI=1S/C17H16ClFN2/c18-13-2-1-3-14(19)17(13)10-4-5-15-11(8-10)12-9-20-7-6-16(12)21-15/h1-5,8,12,16,20-21H,6-7,9H2/t12-,16-/m0/s1. The number of nitrogens with one attached hydrogen (secondary N) is 2. The van der Waals surface area contributed by atoms with Gasteiger partial charge in [-0.05, 0) is 48.4 Å². The third-order valence-electron chi connectivity index (χ3n) is 4.53. The third kappa shape index (κ3) is 2.12. The molecule has 108 valence electrons. The van der Waals surface area contributed by atoms with Gasteiger partial charge in [-0.1, -0.05) is 23.7 Å². The lowest BCUT2D eigenvalue weighted by atomic mass is 9.89. The molecule has 1 saturated heterocycles. The Morgan fingerprint density at radius 3 is 2.95 bits per heavy atom. The highest BCUT2D eigenvalue weighted by Crippen LogP contribution is 2.41. The Balaban J connectivity index is 1.80. The molecule has 2 atom stereocenters. The van der Waals surface area contributed by atoms with Crippen LogP contribution in [0.1, 0.15) is 17.9 Å². The van der Waals surface area contributed by atoms with Crippen LogP contribution in [-0.4, -0.2) is 19.1 Å². The van der Waals surface area contributed by atoms with Crippen molar-refractivity contribution in [1.29, 1.82) is 0 Å². The highest BCUT2D eigenvalue weighted by molar-refractivity contribution is 6.33. The molecule has 2 aromatic carbocycles. The van der Waals surface area contributed by atoms with Gasteiger partial charge in [0.05, 0.1) is 5.02 Å². The zero-order valence-electron chi connectivity index (χ0n) is 11.5. The van der Waals surface area contributed by atoms with E-state index >= 15 is 0 Å². The summed E-state index contributed by atoms with van der Waals surface area (Å²) < 4.78 is 14.1. The molecule has 0 unspecified atom stereocenters. The number of hydrogen-bond donors (Lipinski definition) is 2. The van der Waals surface area contributed by atoms with Gasteiger partial charge in [0.15, 0.2) is 0 Å². The third-order valence-corrected chi connectivity index (χ3v) is 4.84. The molecular formula is C17H16ClFN2. The van der Waals surface area contributed by atoms with Crippen LogP contribution in [0.15, 0.2) is 36.4 Å². The van der Waals surface area contributed by atoms with Crippen molar-refractivity contribution in [3.05, 3.63) is 52.8 Å². The normalized spacial score (nSPS) is 23.3. The highest BCUT2D eigenvalue weighted by Gasteiger charge is 2.34. The summed E-state index contributed by atoms with van der Waals surface area (Å²) in [6.45, 7) is 2.02. The summed E-state index contributed by atoms with van der Waals surface area (Å²) in [5.41, 5.74) is 3.79. The fraction of sp³-hybridized carbons (Fsp3) is 0.294. The number of halogens is 2. The number of rotatable bonds is 1. The molecule has 4 rings (SSSR count). The molecule has 2 aromatic rings. The summed E-state index contributed by atoms with van der Waals surface area (Å²) in [6, 6.07) is 11.4. The van der Waals surface area contributed by atoms with Crippen molar-refractivity contribution in [2.45, 2.75) is 18.4 Å². The largest absolute Gasteiger partial charge is 0.381 e. The van der Waals surface area contributed by atoms with E-state index in [9.17, 15) is 4.39 Å². The molecule has 21 heavy (non-hydrogen) atoms. The molecule has 1 fully saturated rings. The zero-order chi connectivity index (χ0) is 14.4. The Labute approximate surface area is 128 Å². The first-order valence-corrected chi connectivity index (χ1v) is 7.67. The molecule has 2 aliphatic rings. The van der Waals surface area contributed by atoms with Gasteiger partial charge in [-0.2, -0.15) is 0 Å². The maximum atomic E-state index is 14.1. The Kier molecular flexibility index (Phi) is 3.12. The zero-order valence-corrected chi connectivity index (χ0v) is 12.3. The van der Waals surface area contributed by atoms with E-state index < -0.39 is 0 Å². The van der Waals surface area contributed by atoms with Gasteiger partial charge < -0.3 is 10.6 Å². The quantitative estimate of drug-likeness (QED) is 0.831. The van der Waals surface area contributed by atoms with E-state index in [1.165, 1.54) is 17.3 Å². The maximum Gasteiger partial charge on any atom is 0.132 e. The molecule has 2 aliphatic heterocycles. The number of fused-ring (bicyclic) bond motifs is 3. The Morgan fingerprint density at radius 1 is 1.19 bits per heavy atom. The molecule has 0 bridgehead atoms. The van der Waals surface area contributed by atoms with Gasteiger partial charge >= 0.3 is 0 Å². The van der Waals surface area contributed by atoms with Crippen LogP contribution < -0.4 is 10.6 Å². The van der Waals surface area contributed by atoms with Crippen molar-refractivity contribution in [3.63, 3.8) is 0 Å². The average molecular weight is 303 g/mol. The monoisotopic (exact) mass is 302 g/mol. The predicted molar refractivity (Wildman–Crippen MR) is 84.5 cm³/mol. The summed E-state index contributed by atoms with van der Waals surface area (Å²) in [6.07, 6.45) is 1.12. The van der Waals surface area contributed by atoms with Crippen molar-refractivity contribution in [3.8, 4) is 11.1 Å². The Morgan fingerprint density at radius 2 is 2.10 bits per heavy atom. The minimum absolute atomic E-state index is 0.272. The minimum atomic E-state index is -0.272.